The number of hydrogen-bond acceptors (Lipinski definition) is 4. The monoisotopic (exact) mass is 1260 g/mol. The van der Waals surface area contributed by atoms with Crippen LogP contribution in [0.15, 0.2) is 170 Å². The van der Waals surface area contributed by atoms with Gasteiger partial charge in [0.2, 0.25) is 0 Å². The Hall–Kier alpha value is -7.20. The fraction of sp³-hybridized carbons (Fsp3) is 0.280. The van der Waals surface area contributed by atoms with E-state index in [0.717, 1.165) is 29.5 Å². The molecule has 10 aromatic rings. The fourth-order valence-electron chi connectivity index (χ4n) is 11.2. The van der Waals surface area contributed by atoms with Crippen LogP contribution in [-0.4, -0.2) is 9.55 Å². The Morgan fingerprint density at radius 3 is 2.06 bits per heavy atom. The molecule has 3 heterocycles. The van der Waals surface area contributed by atoms with Gasteiger partial charge >= 0.3 is 0 Å². The third kappa shape index (κ3) is 10.5. The fourth-order valence-corrected chi connectivity index (χ4v) is 11.2. The van der Waals surface area contributed by atoms with Gasteiger partial charge in [-0.05, 0) is 157 Å². The summed E-state index contributed by atoms with van der Waals surface area (Å²) < 4.78 is 158. The third-order valence-corrected chi connectivity index (χ3v) is 15.7. The summed E-state index contributed by atoms with van der Waals surface area (Å²) in [6.45, 7) is 22.3. The van der Waals surface area contributed by atoms with Crippen molar-refractivity contribution in [1.82, 2.24) is 9.55 Å². The first kappa shape index (κ1) is 39.3. The number of pyridine rings is 1. The normalized spacial score (nSPS) is 17.9. The van der Waals surface area contributed by atoms with Crippen molar-refractivity contribution in [2.24, 2.45) is 5.92 Å². The predicted molar refractivity (Wildman–Crippen MR) is 336 cm³/mol. The van der Waals surface area contributed by atoms with Gasteiger partial charge in [0.15, 0.2) is 0 Å². The maximum atomic E-state index is 10.3. The number of benzene rings is 8. The Morgan fingerprint density at radius 1 is 0.667 bits per heavy atom. The predicted octanol–water partition coefficient (Wildman–Crippen LogP) is 20.4. The molecular weight excluding hydrogens is 1170 g/mol. The summed E-state index contributed by atoms with van der Waals surface area (Å²) in [4.78, 5) is 8.46. The Kier molecular flexibility index (Phi) is 10.2. The van der Waals surface area contributed by atoms with Crippen LogP contribution < -0.4 is 14.5 Å². The second-order valence-corrected chi connectivity index (χ2v) is 24.9. The van der Waals surface area contributed by atoms with Crippen LogP contribution in [0, 0.1) is 31.6 Å². The second-order valence-electron chi connectivity index (χ2n) is 24.9. The van der Waals surface area contributed by atoms with Gasteiger partial charge in [0.25, 0.3) is 0 Å². The largest absolute Gasteiger partial charge is 0.509 e. The zero-order valence-electron chi connectivity index (χ0n) is 63.9. The Labute approximate surface area is 518 Å². The number of para-hydroxylation sites is 3. The number of aromatic nitrogens is 2. The van der Waals surface area contributed by atoms with Crippen LogP contribution in [0.2, 0.25) is 0 Å². The first-order chi connectivity index (χ1) is 44.7. The zero-order valence-corrected chi connectivity index (χ0v) is 50.2. The molecule has 0 saturated heterocycles. The van der Waals surface area contributed by atoms with E-state index < -0.39 is 89.6 Å². The van der Waals surface area contributed by atoms with E-state index in [1.807, 2.05) is 58.3 Å². The Balaban J connectivity index is 0.00000954. The van der Waals surface area contributed by atoms with Gasteiger partial charge in [-0.1, -0.05) is 179 Å². The number of ether oxygens (including phenoxy) is 1. The molecule has 2 aliphatic rings. The molecule has 414 valence electrons. The van der Waals surface area contributed by atoms with E-state index >= 15 is 0 Å². The first-order valence-corrected chi connectivity index (χ1v) is 27.4. The van der Waals surface area contributed by atoms with E-state index in [-0.39, 0.29) is 94.7 Å². The molecule has 5 nitrogen and oxygen atoms in total. The summed E-state index contributed by atoms with van der Waals surface area (Å²) in [6.07, 6.45) is 1.39. The van der Waals surface area contributed by atoms with Gasteiger partial charge in [-0.25, -0.2) is 4.98 Å². The molecule has 0 unspecified atom stereocenters. The summed E-state index contributed by atoms with van der Waals surface area (Å²) in [5.41, 5.74) is 3.28. The van der Waals surface area contributed by atoms with Crippen LogP contribution in [0.5, 0.6) is 11.5 Å². The summed E-state index contributed by atoms with van der Waals surface area (Å²) in [5.74, 6) is 0.267. The number of hydrogen-bond donors (Lipinski definition) is 0. The molecule has 0 amide bonds. The van der Waals surface area contributed by atoms with E-state index in [9.17, 15) is 9.60 Å². The topological polar surface area (TPSA) is 33.5 Å². The molecule has 0 spiro atoms. The van der Waals surface area contributed by atoms with E-state index in [4.69, 9.17) is 22.1 Å². The van der Waals surface area contributed by atoms with Crippen LogP contribution in [-0.2, 0) is 49.1 Å². The zero-order chi connectivity index (χ0) is 69.9. The SMILES string of the molecule is [2H]c1c([2H])c(-c2c([2H])c([2H])c(C(C)(C)C)c([2H])c2[2H])c(C([2H])([2H])[2H])c([2H])c1-c1cc(C([2H])([2H])C(C)C)cc(-c2ccc3c(c2)C(C)(C)CCC3(C)C)c1N1[CH-]N(c2[c-]c(Oc3[c-]c4c(cc3)c3c([2H])c([2H])c([2H])c([2H])c3n4-c3cc(C(C)(C)C)ccn3)ccc2)c2ccccc21.[Pt]. The summed E-state index contributed by atoms with van der Waals surface area (Å²) in [5, 5.41) is 0.803. The van der Waals surface area contributed by atoms with Crippen molar-refractivity contribution in [1.29, 1.82) is 0 Å². The van der Waals surface area contributed by atoms with Crippen molar-refractivity contribution < 1.29 is 47.7 Å². The van der Waals surface area contributed by atoms with Gasteiger partial charge in [-0.15, -0.1) is 48.1 Å². The standard InChI is InChI=1S/C75H75N4O.Pt/c1-48(2)39-50-41-62(52-27-32-59(49(3)40-52)51-25-29-54(30-26-51)72(4,5)6)71(63(42-50)53-28-34-64-65(43-53)75(12,13)37-36-74(64,10)11)78-47-77(67-23-16-17-24-68(67)78)56-19-18-20-57(45-56)80-58-31-33-61-60-21-14-15-22-66(60)79(69(61)46-58)70-44-55(35-38-76-70)73(7,8)9;/h14-35,38,40-44,47-48H,36-37,39H2,1-13H3;/q-3;/i3D3,14D,15D,21D,22D,25D,26D,27D,29D,30D,32D,39D2,40D;. The van der Waals surface area contributed by atoms with Gasteiger partial charge in [-0.2, -0.15) is 12.1 Å². The van der Waals surface area contributed by atoms with Gasteiger partial charge in [-0.3, -0.25) is 0 Å². The molecule has 0 atom stereocenters. The van der Waals surface area contributed by atoms with Gasteiger partial charge in [0, 0.05) is 79.3 Å². The van der Waals surface area contributed by atoms with E-state index in [1.165, 1.54) is 0 Å². The van der Waals surface area contributed by atoms with Crippen molar-refractivity contribution in [2.75, 3.05) is 9.80 Å². The van der Waals surface area contributed by atoms with Gasteiger partial charge < -0.3 is 19.1 Å². The van der Waals surface area contributed by atoms with E-state index in [2.05, 4.69) is 72.7 Å². The van der Waals surface area contributed by atoms with E-state index in [0.29, 0.717) is 56.0 Å². The number of rotatable bonds is 10. The average molecular weight is 1260 g/mol. The molecule has 0 saturated carbocycles. The maximum Gasteiger partial charge on any atom is 0.135 e. The molecular formula is C75H75N4OPt-3. The van der Waals surface area contributed by atoms with Crippen molar-refractivity contribution in [3.8, 4) is 50.7 Å². The van der Waals surface area contributed by atoms with Gasteiger partial charge in [0.05, 0.1) is 15.1 Å². The molecule has 0 fully saturated rings. The number of nitrogens with zero attached hydrogens (tertiary/aromatic N) is 4. The molecule has 1 aliphatic carbocycles. The van der Waals surface area contributed by atoms with Crippen molar-refractivity contribution in [3.63, 3.8) is 0 Å². The van der Waals surface area contributed by atoms with Crippen molar-refractivity contribution >= 4 is 44.6 Å². The molecule has 0 bridgehead atoms. The van der Waals surface area contributed by atoms with Crippen LogP contribution in [0.3, 0.4) is 0 Å². The minimum absolute atomic E-state index is 0. The molecule has 1 aliphatic heterocycles. The molecule has 8 aromatic carbocycles. The number of anilines is 4. The molecule has 6 heteroatoms. The maximum absolute atomic E-state index is 10.3. The first-order valence-electron chi connectivity index (χ1n) is 35.4. The molecule has 12 rings (SSSR count). The Morgan fingerprint density at radius 2 is 1.35 bits per heavy atom. The Bertz CT molecular complexity index is 4880. The smallest absolute Gasteiger partial charge is 0.135 e. The van der Waals surface area contributed by atoms with Crippen LogP contribution in [0.4, 0.5) is 22.7 Å². The van der Waals surface area contributed by atoms with Crippen molar-refractivity contribution in [3.05, 3.63) is 222 Å². The molecule has 0 N–H and O–H groups in total. The van der Waals surface area contributed by atoms with Crippen LogP contribution in [0.25, 0.3) is 61.0 Å². The average Bonchev–Trinajstić information content (AvgIpc) is 1.70. The summed E-state index contributed by atoms with van der Waals surface area (Å²) in [7, 11) is 0. The molecule has 0 radical (unpaired) electrons. The minimum Gasteiger partial charge on any atom is -0.509 e. The quantitative estimate of drug-likeness (QED) is 0.128. The third-order valence-electron chi connectivity index (χ3n) is 15.7. The number of fused-ring (bicyclic) bond motifs is 5. The van der Waals surface area contributed by atoms with E-state index in [1.54, 1.807) is 88.4 Å². The van der Waals surface area contributed by atoms with Crippen molar-refractivity contribution in [2.45, 2.75) is 131 Å². The summed E-state index contributed by atoms with van der Waals surface area (Å²) >= 11 is 0. The minimum atomic E-state index is -3.25. The van der Waals surface area contributed by atoms with Crippen LogP contribution >= 0.6 is 0 Å². The second kappa shape index (κ2) is 21.0. The molecule has 2 aromatic heterocycles. The summed E-state index contributed by atoms with van der Waals surface area (Å²) in [6, 6.07) is 31.0. The van der Waals surface area contributed by atoms with Gasteiger partial charge in [0.1, 0.15) is 5.82 Å². The van der Waals surface area contributed by atoms with Crippen LogP contribution in [0.1, 0.15) is 151 Å². The molecule has 81 heavy (non-hydrogen) atoms.